The summed E-state index contributed by atoms with van der Waals surface area (Å²) in [5.74, 6) is 0.802. The van der Waals surface area contributed by atoms with Crippen LogP contribution in [0, 0.1) is 0 Å². The first-order valence-corrected chi connectivity index (χ1v) is 11.1. The molecule has 11 nitrogen and oxygen atoms in total. The van der Waals surface area contributed by atoms with Crippen LogP contribution in [0.1, 0.15) is 0 Å². The van der Waals surface area contributed by atoms with Gasteiger partial charge >= 0.3 is 6.01 Å². The number of rotatable bonds is 9. The minimum Gasteiger partial charge on any atom is -0.497 e. The Kier molecular flexibility index (Phi) is 8.17. The molecule has 0 aliphatic heterocycles. The van der Waals surface area contributed by atoms with Crippen molar-refractivity contribution in [2.24, 2.45) is 4.99 Å². The van der Waals surface area contributed by atoms with E-state index in [1.807, 2.05) is 6.07 Å². The number of oxazole rings is 1. The Bertz CT molecular complexity index is 1350. The molecule has 0 aliphatic carbocycles. The molecule has 3 aromatic carbocycles. The maximum absolute atomic E-state index is 12.5. The van der Waals surface area contributed by atoms with Crippen molar-refractivity contribution in [1.29, 1.82) is 0 Å². The fraction of sp³-hybridized carbons (Fsp3) is 0.154. The predicted octanol–water partition coefficient (Wildman–Crippen LogP) is 3.41. The summed E-state index contributed by atoms with van der Waals surface area (Å²) in [5.41, 5.74) is 1.11. The number of aliphatic imine (C=N–C) groups is 1. The van der Waals surface area contributed by atoms with Crippen LogP contribution in [-0.4, -0.2) is 50.2 Å². The van der Waals surface area contributed by atoms with Crippen molar-refractivity contribution >= 4 is 34.9 Å². The van der Waals surface area contributed by atoms with Gasteiger partial charge in [0.05, 0.1) is 14.2 Å². The van der Waals surface area contributed by atoms with Gasteiger partial charge in [-0.25, -0.2) is 0 Å². The van der Waals surface area contributed by atoms with E-state index in [0.29, 0.717) is 34.1 Å². The van der Waals surface area contributed by atoms with Gasteiger partial charge in [-0.1, -0.05) is 12.1 Å². The number of guanidine groups is 1. The number of anilines is 1. The molecule has 4 rings (SSSR count). The average Bonchev–Trinajstić information content (AvgIpc) is 3.33. The van der Waals surface area contributed by atoms with Crippen molar-refractivity contribution in [2.75, 3.05) is 32.8 Å². The topological polar surface area (TPSA) is 134 Å². The summed E-state index contributed by atoms with van der Waals surface area (Å²) in [6, 6.07) is 20.6. The summed E-state index contributed by atoms with van der Waals surface area (Å²) in [6.45, 7) is -0.708. The number of nitrogens with one attached hydrogen (secondary N) is 2. The molecule has 0 spiro atoms. The first-order chi connectivity index (χ1) is 18.0. The van der Waals surface area contributed by atoms with Crippen LogP contribution in [0.4, 0.5) is 6.01 Å². The number of ether oxygens (including phenoxy) is 4. The Morgan fingerprint density at radius 2 is 1.38 bits per heavy atom. The predicted molar refractivity (Wildman–Crippen MR) is 135 cm³/mol. The number of methoxy groups -OCH3 is 2. The van der Waals surface area contributed by atoms with Gasteiger partial charge in [0.15, 0.2) is 18.8 Å². The van der Waals surface area contributed by atoms with Crippen molar-refractivity contribution < 1.29 is 33.0 Å². The van der Waals surface area contributed by atoms with E-state index in [4.69, 9.17) is 23.4 Å². The van der Waals surface area contributed by atoms with Gasteiger partial charge in [-0.05, 0) is 60.7 Å². The minimum absolute atomic E-state index is 0.0418. The Hall–Kier alpha value is -5.06. The van der Waals surface area contributed by atoms with Crippen LogP contribution in [-0.2, 0) is 9.59 Å². The van der Waals surface area contributed by atoms with Crippen LogP contribution in [0.2, 0.25) is 0 Å². The fourth-order valence-corrected chi connectivity index (χ4v) is 3.08. The molecular formula is C26H24N4O7. The summed E-state index contributed by atoms with van der Waals surface area (Å²) < 4.78 is 26.8. The highest BCUT2D eigenvalue weighted by atomic mass is 16.5. The fourth-order valence-electron chi connectivity index (χ4n) is 3.08. The molecule has 0 unspecified atom stereocenters. The number of amides is 2. The maximum atomic E-state index is 12.5. The number of carbonyl (C=O) groups is 2. The van der Waals surface area contributed by atoms with E-state index in [-0.39, 0.29) is 25.2 Å². The highest BCUT2D eigenvalue weighted by Gasteiger charge is 2.14. The van der Waals surface area contributed by atoms with E-state index in [1.165, 1.54) is 0 Å². The number of para-hydroxylation sites is 2. The number of fused-ring (bicyclic) bond motifs is 1. The number of aromatic nitrogens is 1. The van der Waals surface area contributed by atoms with Gasteiger partial charge in [0.2, 0.25) is 5.96 Å². The third kappa shape index (κ3) is 7.21. The second-order valence-corrected chi connectivity index (χ2v) is 7.44. The molecule has 0 bridgehead atoms. The van der Waals surface area contributed by atoms with Gasteiger partial charge in [-0.3, -0.25) is 20.2 Å². The molecule has 0 aliphatic rings. The molecule has 0 radical (unpaired) electrons. The summed E-state index contributed by atoms with van der Waals surface area (Å²) in [4.78, 5) is 33.3. The average molecular weight is 504 g/mol. The van der Waals surface area contributed by atoms with Crippen LogP contribution in [0.15, 0.2) is 82.2 Å². The lowest BCUT2D eigenvalue weighted by atomic mass is 10.3. The number of hydrogen-bond donors (Lipinski definition) is 2. The van der Waals surface area contributed by atoms with E-state index in [0.717, 1.165) is 0 Å². The summed E-state index contributed by atoms with van der Waals surface area (Å²) in [5, 5.41) is 5.24. The maximum Gasteiger partial charge on any atom is 0.302 e. The molecule has 11 heteroatoms. The molecular weight excluding hydrogens is 480 g/mol. The summed E-state index contributed by atoms with van der Waals surface area (Å²) in [6.07, 6.45) is 0. The van der Waals surface area contributed by atoms with Gasteiger partial charge in [0, 0.05) is 0 Å². The lowest BCUT2D eigenvalue weighted by Crippen LogP contribution is -2.39. The highest BCUT2D eigenvalue weighted by molar-refractivity contribution is 6.08. The molecule has 0 fully saturated rings. The van der Waals surface area contributed by atoms with Crippen molar-refractivity contribution in [3.8, 4) is 23.0 Å². The van der Waals surface area contributed by atoms with E-state index in [9.17, 15) is 9.59 Å². The van der Waals surface area contributed by atoms with Crippen molar-refractivity contribution in [3.05, 3.63) is 72.8 Å². The molecule has 2 amide bonds. The van der Waals surface area contributed by atoms with Crippen molar-refractivity contribution in [1.82, 2.24) is 10.3 Å². The smallest absolute Gasteiger partial charge is 0.302 e. The van der Waals surface area contributed by atoms with Crippen LogP contribution < -0.4 is 29.6 Å². The molecule has 1 aromatic heterocycles. The summed E-state index contributed by atoms with van der Waals surface area (Å²) in [7, 11) is 3.10. The monoisotopic (exact) mass is 504 g/mol. The van der Waals surface area contributed by atoms with Gasteiger partial charge in [-0.2, -0.15) is 9.98 Å². The normalized spacial score (nSPS) is 11.0. The van der Waals surface area contributed by atoms with Crippen molar-refractivity contribution in [3.63, 3.8) is 0 Å². The quantitative estimate of drug-likeness (QED) is 0.260. The van der Waals surface area contributed by atoms with Gasteiger partial charge in [-0.15, -0.1) is 0 Å². The third-order valence-electron chi connectivity index (χ3n) is 4.86. The van der Waals surface area contributed by atoms with Gasteiger partial charge in [0.1, 0.15) is 28.5 Å². The largest absolute Gasteiger partial charge is 0.497 e. The Morgan fingerprint density at radius 3 is 1.97 bits per heavy atom. The number of carbonyl (C=O) groups excluding carboxylic acids is 2. The molecule has 2 N–H and O–H groups in total. The second-order valence-electron chi connectivity index (χ2n) is 7.44. The molecule has 37 heavy (non-hydrogen) atoms. The number of nitrogens with zero attached hydrogens (tertiary/aromatic N) is 2. The molecule has 190 valence electrons. The van der Waals surface area contributed by atoms with Crippen LogP contribution in [0.5, 0.6) is 23.0 Å². The standard InChI is InChI=1S/C26H24N4O7/c1-33-17-7-11-19(12-8-17)35-15-23(31)28-25(30-26-27-21-5-3-4-6-22(21)37-26)29-24(32)16-36-20-13-9-18(34-2)10-14-20/h3-14H,15-16H2,1-2H3,(H2,27,28,29,30,31,32). The van der Waals surface area contributed by atoms with E-state index >= 15 is 0 Å². The van der Waals surface area contributed by atoms with Crippen LogP contribution >= 0.6 is 0 Å². The summed E-state index contributed by atoms with van der Waals surface area (Å²) >= 11 is 0. The van der Waals surface area contributed by atoms with Crippen LogP contribution in [0.3, 0.4) is 0 Å². The first kappa shape index (κ1) is 25.0. The molecule has 0 saturated carbocycles. The third-order valence-corrected chi connectivity index (χ3v) is 4.86. The van der Waals surface area contributed by atoms with Gasteiger partial charge < -0.3 is 23.4 Å². The molecule has 4 aromatic rings. The second kappa shape index (κ2) is 12.1. The Balaban J connectivity index is 1.42. The Morgan fingerprint density at radius 1 is 0.811 bits per heavy atom. The molecule has 1 heterocycles. The zero-order valence-corrected chi connectivity index (χ0v) is 20.1. The van der Waals surface area contributed by atoms with Gasteiger partial charge in [0.25, 0.3) is 11.8 Å². The van der Waals surface area contributed by atoms with Crippen molar-refractivity contribution in [2.45, 2.75) is 0 Å². The molecule has 0 saturated heterocycles. The zero-order chi connectivity index (χ0) is 26.0. The SMILES string of the molecule is COc1ccc(OCC(=O)/N=C(\NC(=O)COc2ccc(OC)cc2)Nc2nc3ccccc3o2)cc1. The lowest BCUT2D eigenvalue weighted by molar-refractivity contribution is -0.121. The van der Waals surface area contributed by atoms with E-state index < -0.39 is 11.8 Å². The minimum atomic E-state index is -0.661. The Labute approximate surface area is 212 Å². The van der Waals surface area contributed by atoms with E-state index in [2.05, 4.69) is 20.6 Å². The van der Waals surface area contributed by atoms with Crippen LogP contribution in [0.25, 0.3) is 11.1 Å². The van der Waals surface area contributed by atoms with E-state index in [1.54, 1.807) is 80.9 Å². The molecule has 0 atom stereocenters. The highest BCUT2D eigenvalue weighted by Crippen LogP contribution is 2.19. The zero-order valence-electron chi connectivity index (χ0n) is 20.1. The number of hydrogen-bond acceptors (Lipinski definition) is 8. The lowest BCUT2D eigenvalue weighted by Gasteiger charge is -2.10. The number of benzene rings is 3. The first-order valence-electron chi connectivity index (χ1n) is 11.1.